The van der Waals surface area contributed by atoms with Gasteiger partial charge in [0.25, 0.3) is 5.91 Å². The van der Waals surface area contributed by atoms with Crippen LogP contribution in [0.4, 0.5) is 0 Å². The number of ether oxygens (including phenoxy) is 1. The van der Waals surface area contributed by atoms with Gasteiger partial charge in [-0.05, 0) is 43.4 Å². The number of fused-ring (bicyclic) bond motifs is 1. The van der Waals surface area contributed by atoms with Gasteiger partial charge >= 0.3 is 0 Å². The van der Waals surface area contributed by atoms with Crippen molar-refractivity contribution in [1.29, 1.82) is 0 Å². The summed E-state index contributed by atoms with van der Waals surface area (Å²) < 4.78 is 9.54. The number of hydrogen-bond donors (Lipinski definition) is 1. The van der Waals surface area contributed by atoms with Crippen molar-refractivity contribution in [2.45, 2.75) is 25.8 Å². The normalized spacial score (nSPS) is 15.8. The summed E-state index contributed by atoms with van der Waals surface area (Å²) in [6, 6.07) is 14.4. The van der Waals surface area contributed by atoms with Gasteiger partial charge < -0.3 is 15.0 Å². The number of primary amides is 1. The molecule has 1 fully saturated rings. The first-order valence-corrected chi connectivity index (χ1v) is 10.8. The van der Waals surface area contributed by atoms with Crippen molar-refractivity contribution in [2.75, 3.05) is 13.2 Å². The van der Waals surface area contributed by atoms with Crippen LogP contribution in [0.5, 0.6) is 0 Å². The summed E-state index contributed by atoms with van der Waals surface area (Å²) in [5.41, 5.74) is 11.4. The molecule has 3 heterocycles. The van der Waals surface area contributed by atoms with Crippen molar-refractivity contribution in [3.05, 3.63) is 65.6 Å². The van der Waals surface area contributed by atoms with E-state index < -0.39 is 5.91 Å². The van der Waals surface area contributed by atoms with Crippen LogP contribution in [0.1, 0.15) is 40.5 Å². The second kappa shape index (κ2) is 8.20. The number of benzene rings is 2. The highest BCUT2D eigenvalue weighted by Crippen LogP contribution is 2.37. The Morgan fingerprint density at radius 1 is 1.19 bits per heavy atom. The van der Waals surface area contributed by atoms with Crippen molar-refractivity contribution in [3.63, 3.8) is 0 Å². The quantitative estimate of drug-likeness (QED) is 0.524. The van der Waals surface area contributed by atoms with E-state index in [1.165, 1.54) is 5.56 Å². The molecule has 0 saturated carbocycles. The summed E-state index contributed by atoms with van der Waals surface area (Å²) in [7, 11) is 1.84. The second-order valence-electron chi connectivity index (χ2n) is 8.36. The monoisotopic (exact) mass is 430 g/mol. The Morgan fingerprint density at radius 3 is 2.59 bits per heavy atom. The van der Waals surface area contributed by atoms with Crippen molar-refractivity contribution in [2.24, 2.45) is 18.7 Å². The Morgan fingerprint density at radius 2 is 1.94 bits per heavy atom. The maximum absolute atomic E-state index is 12.4. The zero-order valence-electron chi connectivity index (χ0n) is 18.2. The third kappa shape index (κ3) is 3.46. The van der Waals surface area contributed by atoms with Crippen LogP contribution in [0.15, 0.2) is 48.8 Å². The van der Waals surface area contributed by atoms with E-state index in [1.807, 2.05) is 26.4 Å². The van der Waals surface area contributed by atoms with Crippen molar-refractivity contribution in [1.82, 2.24) is 24.5 Å². The number of aromatic nitrogens is 5. The average molecular weight is 431 g/mol. The van der Waals surface area contributed by atoms with Crippen molar-refractivity contribution >= 4 is 16.9 Å². The molecule has 0 aliphatic carbocycles. The average Bonchev–Trinajstić information content (AvgIpc) is 3.37. The zero-order chi connectivity index (χ0) is 22.2. The lowest BCUT2D eigenvalue weighted by Gasteiger charge is -2.32. The molecule has 1 atom stereocenters. The molecule has 8 heteroatoms. The first kappa shape index (κ1) is 20.4. The molecule has 164 valence electrons. The number of aryl methyl sites for hydroxylation is 2. The zero-order valence-corrected chi connectivity index (χ0v) is 18.2. The van der Waals surface area contributed by atoms with Gasteiger partial charge in [0.1, 0.15) is 5.52 Å². The highest BCUT2D eigenvalue weighted by molar-refractivity contribution is 6.06. The van der Waals surface area contributed by atoms with Crippen molar-refractivity contribution < 1.29 is 9.53 Å². The number of rotatable bonds is 5. The smallest absolute Gasteiger partial charge is 0.250 e. The molecule has 2 aromatic heterocycles. The summed E-state index contributed by atoms with van der Waals surface area (Å²) in [6.45, 7) is 3.40. The highest BCUT2D eigenvalue weighted by atomic mass is 16.5. The van der Waals surface area contributed by atoms with E-state index in [1.54, 1.807) is 10.7 Å². The maximum Gasteiger partial charge on any atom is 0.250 e. The standard InChI is InChI=1S/C24H26N6O2/c1-15-22(29(2)28-27-15)18-12-19(24(25)31)21-20(13-18)30(14-26-21)23(16-6-4-3-5-7-16)17-8-10-32-11-9-17/h3-7,12-14,17,23H,8-11H2,1-2H3,(H2,25,31)/t23-/m1/s1. The third-order valence-corrected chi connectivity index (χ3v) is 6.37. The van der Waals surface area contributed by atoms with Crippen LogP contribution in [0, 0.1) is 12.8 Å². The van der Waals surface area contributed by atoms with Crippen LogP contribution in [0.3, 0.4) is 0 Å². The van der Waals surface area contributed by atoms with Crippen molar-refractivity contribution in [3.8, 4) is 11.3 Å². The molecule has 0 bridgehead atoms. The van der Waals surface area contributed by atoms with E-state index in [-0.39, 0.29) is 6.04 Å². The van der Waals surface area contributed by atoms with Gasteiger partial charge in [-0.3, -0.25) is 4.79 Å². The van der Waals surface area contributed by atoms with Gasteiger partial charge in [-0.1, -0.05) is 35.5 Å². The van der Waals surface area contributed by atoms with Crippen LogP contribution >= 0.6 is 0 Å². The van der Waals surface area contributed by atoms with Crippen LogP contribution in [0.25, 0.3) is 22.3 Å². The SMILES string of the molecule is Cc1nnn(C)c1-c1cc(C(N)=O)c2ncn([C@H](c3ccccc3)C3CCOCC3)c2c1. The lowest BCUT2D eigenvalue weighted by atomic mass is 9.86. The molecule has 2 N–H and O–H groups in total. The minimum Gasteiger partial charge on any atom is -0.381 e. The highest BCUT2D eigenvalue weighted by Gasteiger charge is 2.29. The van der Waals surface area contributed by atoms with E-state index in [0.29, 0.717) is 17.0 Å². The Labute approximate surface area is 186 Å². The second-order valence-corrected chi connectivity index (χ2v) is 8.36. The predicted molar refractivity (Wildman–Crippen MR) is 121 cm³/mol. The number of amides is 1. The molecule has 1 saturated heterocycles. The first-order chi connectivity index (χ1) is 15.5. The molecule has 1 aliphatic heterocycles. The molecule has 1 amide bonds. The Kier molecular flexibility index (Phi) is 5.22. The Bertz CT molecular complexity index is 1250. The summed E-state index contributed by atoms with van der Waals surface area (Å²) in [5.74, 6) is -0.110. The molecule has 0 spiro atoms. The number of imidazole rings is 1. The largest absolute Gasteiger partial charge is 0.381 e. The molecule has 2 aromatic carbocycles. The Balaban J connectivity index is 1.75. The minimum absolute atomic E-state index is 0.0758. The van der Waals surface area contributed by atoms with E-state index in [4.69, 9.17) is 10.5 Å². The lowest BCUT2D eigenvalue weighted by molar-refractivity contribution is 0.0547. The van der Waals surface area contributed by atoms with Crippen LogP contribution in [-0.2, 0) is 11.8 Å². The topological polar surface area (TPSA) is 101 Å². The number of nitrogens with two attached hydrogens (primary N) is 1. The molecule has 8 nitrogen and oxygen atoms in total. The minimum atomic E-state index is -0.503. The molecular weight excluding hydrogens is 404 g/mol. The van der Waals surface area contributed by atoms with Gasteiger partial charge in [-0.25, -0.2) is 9.67 Å². The summed E-state index contributed by atoms with van der Waals surface area (Å²) in [4.78, 5) is 17.0. The van der Waals surface area contributed by atoms with E-state index in [9.17, 15) is 4.79 Å². The van der Waals surface area contributed by atoms with Gasteiger partial charge in [-0.15, -0.1) is 5.10 Å². The third-order valence-electron chi connectivity index (χ3n) is 6.37. The van der Waals surface area contributed by atoms with E-state index in [0.717, 1.165) is 48.5 Å². The molecule has 4 aromatic rings. The molecule has 32 heavy (non-hydrogen) atoms. The molecule has 0 radical (unpaired) electrons. The fourth-order valence-corrected chi connectivity index (χ4v) is 4.88. The van der Waals surface area contributed by atoms with Gasteiger partial charge in [0, 0.05) is 25.8 Å². The molecule has 0 unspecified atom stereocenters. The van der Waals surface area contributed by atoms with Gasteiger partial charge in [0.05, 0.1) is 34.8 Å². The lowest BCUT2D eigenvalue weighted by Crippen LogP contribution is -2.26. The summed E-state index contributed by atoms with van der Waals surface area (Å²) >= 11 is 0. The molecular formula is C24H26N6O2. The molecule has 5 rings (SSSR count). The van der Waals surface area contributed by atoms with Gasteiger partial charge in [-0.2, -0.15) is 0 Å². The maximum atomic E-state index is 12.4. The predicted octanol–water partition coefficient (Wildman–Crippen LogP) is 3.26. The number of nitrogens with zero attached hydrogens (tertiary/aromatic N) is 5. The fraction of sp³-hybridized carbons (Fsp3) is 0.333. The fourth-order valence-electron chi connectivity index (χ4n) is 4.88. The van der Waals surface area contributed by atoms with Crippen LogP contribution < -0.4 is 5.73 Å². The van der Waals surface area contributed by atoms with Gasteiger partial charge in [0.15, 0.2) is 0 Å². The summed E-state index contributed by atoms with van der Waals surface area (Å²) in [6.07, 6.45) is 3.76. The van der Waals surface area contributed by atoms with Crippen LogP contribution in [-0.4, -0.2) is 43.7 Å². The van der Waals surface area contributed by atoms with Crippen LogP contribution in [0.2, 0.25) is 0 Å². The first-order valence-electron chi connectivity index (χ1n) is 10.8. The Hall–Kier alpha value is -3.52. The molecule has 1 aliphatic rings. The number of carbonyl (C=O) groups is 1. The van der Waals surface area contributed by atoms with Gasteiger partial charge in [0.2, 0.25) is 0 Å². The number of carbonyl (C=O) groups excluding carboxylic acids is 1. The number of hydrogen-bond acceptors (Lipinski definition) is 5. The van der Waals surface area contributed by atoms with E-state index in [2.05, 4.69) is 50.2 Å². The van der Waals surface area contributed by atoms with E-state index >= 15 is 0 Å². The summed E-state index contributed by atoms with van der Waals surface area (Å²) in [5, 5.41) is 8.30.